The molecule has 6 nitrogen and oxygen atoms in total. The number of aromatic nitrogens is 2. The Morgan fingerprint density at radius 2 is 2.00 bits per heavy atom. The Hall–Kier alpha value is -2.77. The lowest BCUT2D eigenvalue weighted by atomic mass is 10.1. The van der Waals surface area contributed by atoms with Crippen molar-refractivity contribution in [3.05, 3.63) is 59.7 Å². The number of hydrogen-bond acceptors (Lipinski definition) is 6. The molecule has 0 saturated carbocycles. The van der Waals surface area contributed by atoms with Gasteiger partial charge in [-0.3, -0.25) is 14.7 Å². The number of carbonyl (C=O) groups is 1. The molecule has 0 bridgehead atoms. The second kappa shape index (κ2) is 9.62. The molecule has 0 aliphatic carbocycles. The van der Waals surface area contributed by atoms with Gasteiger partial charge in [0.05, 0.1) is 12.1 Å². The highest BCUT2D eigenvalue weighted by molar-refractivity contribution is 7.14. The van der Waals surface area contributed by atoms with Crippen LogP contribution in [0.15, 0.2) is 54.2 Å². The maximum atomic E-state index is 12.4. The van der Waals surface area contributed by atoms with Gasteiger partial charge < -0.3 is 10.1 Å². The summed E-state index contributed by atoms with van der Waals surface area (Å²) in [5, 5.41) is 5.41. The standard InChI is InChI=1S/C22H24N4O2S/c27-21(25-22-24-20(16-29-22)18-6-8-23-9-7-18)15-17-4-3-5-19(14-17)28-13-12-26-10-1-2-11-26/h3-9,14,16H,1-2,10-13,15H2,(H,24,25,27). The number of benzene rings is 1. The summed E-state index contributed by atoms with van der Waals surface area (Å²) in [6, 6.07) is 11.5. The molecule has 150 valence electrons. The van der Waals surface area contributed by atoms with Crippen LogP contribution in [0.2, 0.25) is 0 Å². The predicted octanol–water partition coefficient (Wildman–Crippen LogP) is 3.86. The molecule has 3 heterocycles. The summed E-state index contributed by atoms with van der Waals surface area (Å²) in [6.45, 7) is 3.97. The molecule has 1 fully saturated rings. The Labute approximate surface area is 174 Å². The summed E-state index contributed by atoms with van der Waals surface area (Å²) < 4.78 is 5.87. The summed E-state index contributed by atoms with van der Waals surface area (Å²) in [4.78, 5) is 23.3. The second-order valence-electron chi connectivity index (χ2n) is 7.04. The van der Waals surface area contributed by atoms with Crippen molar-refractivity contribution < 1.29 is 9.53 Å². The van der Waals surface area contributed by atoms with Crippen LogP contribution in [0.1, 0.15) is 18.4 Å². The van der Waals surface area contributed by atoms with Crippen molar-refractivity contribution in [3.63, 3.8) is 0 Å². The topological polar surface area (TPSA) is 67.3 Å². The van der Waals surface area contributed by atoms with Gasteiger partial charge in [0, 0.05) is 29.9 Å². The zero-order valence-electron chi connectivity index (χ0n) is 16.2. The summed E-state index contributed by atoms with van der Waals surface area (Å²) in [5.74, 6) is 0.721. The van der Waals surface area contributed by atoms with Gasteiger partial charge in [-0.2, -0.15) is 0 Å². The van der Waals surface area contributed by atoms with Gasteiger partial charge in [-0.1, -0.05) is 12.1 Å². The molecule has 0 radical (unpaired) electrons. The number of likely N-dealkylation sites (tertiary alicyclic amines) is 1. The van der Waals surface area contributed by atoms with Gasteiger partial charge in [-0.05, 0) is 55.8 Å². The molecular formula is C22H24N4O2S. The summed E-state index contributed by atoms with van der Waals surface area (Å²) in [5.41, 5.74) is 2.74. The van der Waals surface area contributed by atoms with Gasteiger partial charge in [-0.25, -0.2) is 4.98 Å². The van der Waals surface area contributed by atoms with Crippen molar-refractivity contribution in [3.8, 4) is 17.0 Å². The molecule has 0 spiro atoms. The quantitative estimate of drug-likeness (QED) is 0.613. The van der Waals surface area contributed by atoms with E-state index < -0.39 is 0 Å². The fraction of sp³-hybridized carbons (Fsp3) is 0.318. The van der Waals surface area contributed by atoms with Crippen LogP contribution in [-0.2, 0) is 11.2 Å². The highest BCUT2D eigenvalue weighted by Gasteiger charge is 2.12. The number of nitrogens with one attached hydrogen (secondary N) is 1. The van der Waals surface area contributed by atoms with Gasteiger partial charge >= 0.3 is 0 Å². The molecule has 1 aliphatic rings. The molecule has 2 aromatic heterocycles. The van der Waals surface area contributed by atoms with E-state index in [4.69, 9.17) is 4.74 Å². The van der Waals surface area contributed by atoms with E-state index in [2.05, 4.69) is 20.2 Å². The second-order valence-corrected chi connectivity index (χ2v) is 7.90. The Morgan fingerprint density at radius 1 is 1.17 bits per heavy atom. The third-order valence-electron chi connectivity index (χ3n) is 4.86. The molecule has 3 aromatic rings. The van der Waals surface area contributed by atoms with Crippen molar-refractivity contribution >= 4 is 22.4 Å². The van der Waals surface area contributed by atoms with E-state index in [1.54, 1.807) is 12.4 Å². The molecule has 1 N–H and O–H groups in total. The maximum absolute atomic E-state index is 12.4. The van der Waals surface area contributed by atoms with Crippen molar-refractivity contribution in [1.82, 2.24) is 14.9 Å². The SMILES string of the molecule is O=C(Cc1cccc(OCCN2CCCC2)c1)Nc1nc(-c2ccncc2)cs1. The largest absolute Gasteiger partial charge is 0.492 e. The number of hydrogen-bond donors (Lipinski definition) is 1. The molecule has 4 rings (SSSR count). The minimum absolute atomic E-state index is 0.0881. The fourth-order valence-electron chi connectivity index (χ4n) is 3.38. The molecule has 1 amide bonds. The number of pyridine rings is 1. The van der Waals surface area contributed by atoms with Crippen LogP contribution in [-0.4, -0.2) is 47.0 Å². The van der Waals surface area contributed by atoms with E-state index >= 15 is 0 Å². The number of ether oxygens (including phenoxy) is 1. The third kappa shape index (κ3) is 5.62. The zero-order chi connectivity index (χ0) is 19.9. The van der Waals surface area contributed by atoms with Crippen molar-refractivity contribution in [1.29, 1.82) is 0 Å². The first-order valence-corrected chi connectivity index (χ1v) is 10.7. The van der Waals surface area contributed by atoms with E-state index in [0.717, 1.165) is 29.1 Å². The molecule has 1 saturated heterocycles. The first kappa shape index (κ1) is 19.5. The number of amides is 1. The van der Waals surface area contributed by atoms with Crippen LogP contribution in [0, 0.1) is 0 Å². The minimum atomic E-state index is -0.0881. The smallest absolute Gasteiger partial charge is 0.230 e. The highest BCUT2D eigenvalue weighted by atomic mass is 32.1. The first-order chi connectivity index (χ1) is 14.3. The number of nitrogens with zero attached hydrogens (tertiary/aromatic N) is 3. The fourth-order valence-corrected chi connectivity index (χ4v) is 4.12. The van der Waals surface area contributed by atoms with Crippen LogP contribution < -0.4 is 10.1 Å². The van der Waals surface area contributed by atoms with E-state index in [1.807, 2.05) is 41.8 Å². The Morgan fingerprint density at radius 3 is 2.83 bits per heavy atom. The summed E-state index contributed by atoms with van der Waals surface area (Å²) >= 11 is 1.42. The number of carbonyl (C=O) groups excluding carboxylic acids is 1. The van der Waals surface area contributed by atoms with Crippen molar-refractivity contribution in [2.75, 3.05) is 31.6 Å². The van der Waals surface area contributed by atoms with Crippen molar-refractivity contribution in [2.45, 2.75) is 19.3 Å². The average molecular weight is 409 g/mol. The normalized spacial score (nSPS) is 14.1. The first-order valence-electron chi connectivity index (χ1n) is 9.86. The van der Waals surface area contributed by atoms with Crippen LogP contribution in [0.25, 0.3) is 11.3 Å². The molecule has 1 aromatic carbocycles. The van der Waals surface area contributed by atoms with Gasteiger partial charge in [-0.15, -0.1) is 11.3 Å². The predicted molar refractivity (Wildman–Crippen MR) is 115 cm³/mol. The molecule has 0 unspecified atom stereocenters. The zero-order valence-corrected chi connectivity index (χ0v) is 17.0. The Balaban J connectivity index is 1.28. The molecule has 7 heteroatoms. The maximum Gasteiger partial charge on any atom is 0.230 e. The van der Waals surface area contributed by atoms with E-state index in [0.29, 0.717) is 11.7 Å². The van der Waals surface area contributed by atoms with Gasteiger partial charge in [0.15, 0.2) is 5.13 Å². The van der Waals surface area contributed by atoms with Crippen LogP contribution in [0.4, 0.5) is 5.13 Å². The molecule has 29 heavy (non-hydrogen) atoms. The lowest BCUT2D eigenvalue weighted by molar-refractivity contribution is -0.115. The van der Waals surface area contributed by atoms with E-state index in [9.17, 15) is 4.79 Å². The molecule has 0 atom stereocenters. The van der Waals surface area contributed by atoms with Crippen LogP contribution >= 0.6 is 11.3 Å². The Kier molecular flexibility index (Phi) is 6.49. The van der Waals surface area contributed by atoms with E-state index in [1.165, 1.54) is 37.3 Å². The van der Waals surface area contributed by atoms with Gasteiger partial charge in [0.1, 0.15) is 12.4 Å². The highest BCUT2D eigenvalue weighted by Crippen LogP contribution is 2.24. The minimum Gasteiger partial charge on any atom is -0.492 e. The number of rotatable bonds is 8. The van der Waals surface area contributed by atoms with Crippen molar-refractivity contribution in [2.24, 2.45) is 0 Å². The lowest BCUT2D eigenvalue weighted by Gasteiger charge is -2.15. The Bertz CT molecular complexity index is 939. The summed E-state index contributed by atoms with van der Waals surface area (Å²) in [7, 11) is 0. The molecular weight excluding hydrogens is 384 g/mol. The molecule has 1 aliphatic heterocycles. The monoisotopic (exact) mass is 408 g/mol. The number of anilines is 1. The average Bonchev–Trinajstić information content (AvgIpc) is 3.41. The summed E-state index contributed by atoms with van der Waals surface area (Å²) in [6.07, 6.45) is 6.31. The number of thiazole rings is 1. The van der Waals surface area contributed by atoms with Gasteiger partial charge in [0.2, 0.25) is 5.91 Å². The van der Waals surface area contributed by atoms with Crippen LogP contribution in [0.5, 0.6) is 5.75 Å². The van der Waals surface area contributed by atoms with Crippen LogP contribution in [0.3, 0.4) is 0 Å². The van der Waals surface area contributed by atoms with Gasteiger partial charge in [0.25, 0.3) is 0 Å². The lowest BCUT2D eigenvalue weighted by Crippen LogP contribution is -2.25. The van der Waals surface area contributed by atoms with E-state index in [-0.39, 0.29) is 12.3 Å². The third-order valence-corrected chi connectivity index (χ3v) is 5.62.